The maximum atomic E-state index is 13.3. The van der Waals surface area contributed by atoms with Gasteiger partial charge in [0.05, 0.1) is 16.1 Å². The van der Waals surface area contributed by atoms with E-state index in [-0.39, 0.29) is 11.7 Å². The van der Waals surface area contributed by atoms with E-state index < -0.39 is 0 Å². The number of piperazine rings is 1. The Kier molecular flexibility index (Phi) is 4.30. The van der Waals surface area contributed by atoms with Crippen LogP contribution in [0.25, 0.3) is 16.0 Å². The van der Waals surface area contributed by atoms with E-state index in [1.807, 2.05) is 11.8 Å². The number of fused-ring (bicyclic) bond motifs is 1. The normalized spacial score (nSPS) is 17.9. The highest BCUT2D eigenvalue weighted by Crippen LogP contribution is 2.33. The van der Waals surface area contributed by atoms with E-state index >= 15 is 0 Å². The maximum absolute atomic E-state index is 13.3. The molecule has 0 spiro atoms. The quantitative estimate of drug-likeness (QED) is 0.678. The second-order valence-electron chi connectivity index (χ2n) is 7.56. The monoisotopic (exact) mass is 399 g/mol. The van der Waals surface area contributed by atoms with Crippen LogP contribution < -0.4 is 4.90 Å². The van der Waals surface area contributed by atoms with Crippen molar-refractivity contribution < 1.29 is 9.18 Å². The van der Waals surface area contributed by atoms with Gasteiger partial charge in [0, 0.05) is 32.1 Å². The van der Waals surface area contributed by atoms with Gasteiger partial charge in [-0.15, -0.1) is 0 Å². The standard InChI is InChI=1S/C20H22FN5OS/c1-13-17-18(26(23-13)16-7-5-15(21)6-8-16)22-20(28-17)25-11-9-24(10-12-25)19(27)14-3-2-4-14/h5-8,14H,2-4,9-12H2,1H3. The van der Waals surface area contributed by atoms with Gasteiger partial charge in [0.25, 0.3) is 0 Å². The highest BCUT2D eigenvalue weighted by atomic mass is 32.1. The molecule has 2 aromatic heterocycles. The molecule has 6 nitrogen and oxygen atoms in total. The average Bonchev–Trinajstić information content (AvgIpc) is 3.22. The van der Waals surface area contributed by atoms with E-state index in [1.54, 1.807) is 28.2 Å². The van der Waals surface area contributed by atoms with Crippen LogP contribution in [0.15, 0.2) is 24.3 Å². The Morgan fingerprint density at radius 2 is 1.86 bits per heavy atom. The molecule has 2 aliphatic rings. The molecule has 28 heavy (non-hydrogen) atoms. The molecule has 0 N–H and O–H groups in total. The van der Waals surface area contributed by atoms with Crippen LogP contribution in [-0.2, 0) is 4.79 Å². The third-order valence-corrected chi connectivity index (χ3v) is 6.98. The summed E-state index contributed by atoms with van der Waals surface area (Å²) < 4.78 is 16.1. The number of anilines is 1. The fraction of sp³-hybridized carbons (Fsp3) is 0.450. The highest BCUT2D eigenvalue weighted by Gasteiger charge is 2.32. The van der Waals surface area contributed by atoms with Gasteiger partial charge in [0.1, 0.15) is 5.82 Å². The Morgan fingerprint density at radius 3 is 2.50 bits per heavy atom. The molecule has 8 heteroatoms. The van der Waals surface area contributed by atoms with Gasteiger partial charge in [-0.3, -0.25) is 4.79 Å². The number of aromatic nitrogens is 3. The zero-order chi connectivity index (χ0) is 19.3. The molecular weight excluding hydrogens is 377 g/mol. The van der Waals surface area contributed by atoms with Crippen molar-refractivity contribution in [2.75, 3.05) is 31.1 Å². The predicted molar refractivity (Wildman–Crippen MR) is 108 cm³/mol. The highest BCUT2D eigenvalue weighted by molar-refractivity contribution is 7.22. The van der Waals surface area contributed by atoms with Crippen molar-refractivity contribution in [2.24, 2.45) is 5.92 Å². The van der Waals surface area contributed by atoms with Crippen LogP contribution >= 0.6 is 11.3 Å². The number of nitrogens with zero attached hydrogens (tertiary/aromatic N) is 5. The van der Waals surface area contributed by atoms with Crippen LogP contribution in [0.4, 0.5) is 9.52 Å². The van der Waals surface area contributed by atoms with E-state index in [4.69, 9.17) is 4.98 Å². The predicted octanol–water partition coefficient (Wildman–Crippen LogP) is 3.38. The van der Waals surface area contributed by atoms with Gasteiger partial charge in [0.15, 0.2) is 10.8 Å². The number of hydrogen-bond donors (Lipinski definition) is 0. The molecular formula is C20H22FN5OS. The number of hydrogen-bond acceptors (Lipinski definition) is 5. The summed E-state index contributed by atoms with van der Waals surface area (Å²) >= 11 is 1.63. The first-order chi connectivity index (χ1) is 13.6. The van der Waals surface area contributed by atoms with Crippen molar-refractivity contribution in [2.45, 2.75) is 26.2 Å². The van der Waals surface area contributed by atoms with E-state index in [0.717, 1.165) is 65.9 Å². The number of carbonyl (C=O) groups excluding carboxylic acids is 1. The van der Waals surface area contributed by atoms with Crippen molar-refractivity contribution in [1.82, 2.24) is 19.7 Å². The van der Waals surface area contributed by atoms with Crippen molar-refractivity contribution in [3.05, 3.63) is 35.8 Å². The third kappa shape index (κ3) is 2.96. The number of halogens is 1. The van der Waals surface area contributed by atoms with Crippen molar-refractivity contribution in [3.8, 4) is 5.69 Å². The fourth-order valence-corrected chi connectivity index (χ4v) is 4.89. The molecule has 1 saturated carbocycles. The summed E-state index contributed by atoms with van der Waals surface area (Å²) in [5.41, 5.74) is 2.52. The number of benzene rings is 1. The molecule has 0 atom stereocenters. The lowest BCUT2D eigenvalue weighted by Crippen LogP contribution is -2.51. The molecule has 3 aromatic rings. The Balaban J connectivity index is 1.36. The molecule has 5 rings (SSSR count). The Morgan fingerprint density at radius 1 is 1.14 bits per heavy atom. The first kappa shape index (κ1) is 17.6. The minimum atomic E-state index is -0.267. The molecule has 1 aliphatic heterocycles. The minimum absolute atomic E-state index is 0.262. The largest absolute Gasteiger partial charge is 0.344 e. The summed E-state index contributed by atoms with van der Waals surface area (Å²) in [6.45, 7) is 5.09. The molecule has 0 unspecified atom stereocenters. The second kappa shape index (κ2) is 6.84. The second-order valence-corrected chi connectivity index (χ2v) is 8.54. The van der Waals surface area contributed by atoms with E-state index in [0.29, 0.717) is 5.91 Å². The molecule has 1 saturated heterocycles. The number of thiazole rings is 1. The van der Waals surface area contributed by atoms with Gasteiger partial charge < -0.3 is 9.80 Å². The number of aryl methyl sites for hydroxylation is 1. The Bertz CT molecular complexity index is 1020. The zero-order valence-electron chi connectivity index (χ0n) is 15.8. The van der Waals surface area contributed by atoms with Crippen LogP contribution in [0.2, 0.25) is 0 Å². The lowest BCUT2D eigenvalue weighted by atomic mass is 9.84. The third-order valence-electron chi connectivity index (χ3n) is 5.76. The van der Waals surface area contributed by atoms with Crippen LogP contribution in [0.5, 0.6) is 0 Å². The van der Waals surface area contributed by atoms with Gasteiger partial charge in [-0.2, -0.15) is 10.1 Å². The van der Waals surface area contributed by atoms with Crippen molar-refractivity contribution in [1.29, 1.82) is 0 Å². The minimum Gasteiger partial charge on any atom is -0.344 e. The summed E-state index contributed by atoms with van der Waals surface area (Å²) in [5, 5.41) is 5.54. The maximum Gasteiger partial charge on any atom is 0.225 e. The number of rotatable bonds is 3. The Labute approximate surface area is 166 Å². The van der Waals surface area contributed by atoms with E-state index in [9.17, 15) is 9.18 Å². The van der Waals surface area contributed by atoms with E-state index in [2.05, 4.69) is 10.00 Å². The van der Waals surface area contributed by atoms with Crippen molar-refractivity contribution in [3.63, 3.8) is 0 Å². The summed E-state index contributed by atoms with van der Waals surface area (Å²) in [7, 11) is 0. The van der Waals surface area contributed by atoms with Gasteiger partial charge in [0.2, 0.25) is 5.91 Å². The van der Waals surface area contributed by atoms with E-state index in [1.165, 1.54) is 18.6 Å². The molecule has 1 aromatic carbocycles. The molecule has 1 amide bonds. The van der Waals surface area contributed by atoms with Crippen LogP contribution in [0.1, 0.15) is 25.0 Å². The summed E-state index contributed by atoms with van der Waals surface area (Å²) in [6, 6.07) is 6.30. The summed E-state index contributed by atoms with van der Waals surface area (Å²) in [5.74, 6) is 0.327. The topological polar surface area (TPSA) is 54.3 Å². The number of amides is 1. The first-order valence-corrected chi connectivity index (χ1v) is 10.6. The van der Waals surface area contributed by atoms with Gasteiger partial charge in [-0.05, 0) is 44.0 Å². The van der Waals surface area contributed by atoms with Crippen molar-refractivity contribution >= 4 is 32.7 Å². The number of carbonyl (C=O) groups is 1. The SMILES string of the molecule is Cc1nn(-c2ccc(F)cc2)c2nc(N3CCN(C(=O)C4CCC4)CC3)sc12. The first-order valence-electron chi connectivity index (χ1n) is 9.76. The lowest BCUT2D eigenvalue weighted by molar-refractivity contribution is -0.138. The van der Waals surface area contributed by atoms with Crippen LogP contribution in [-0.4, -0.2) is 51.8 Å². The molecule has 0 bridgehead atoms. The summed E-state index contributed by atoms with van der Waals surface area (Å²) in [4.78, 5) is 21.6. The molecule has 0 radical (unpaired) electrons. The van der Waals surface area contributed by atoms with Gasteiger partial charge in [-0.1, -0.05) is 17.8 Å². The smallest absolute Gasteiger partial charge is 0.225 e. The van der Waals surface area contributed by atoms with Crippen LogP contribution in [0, 0.1) is 18.7 Å². The lowest BCUT2D eigenvalue weighted by Gasteiger charge is -2.38. The zero-order valence-corrected chi connectivity index (χ0v) is 16.6. The molecule has 3 heterocycles. The van der Waals surface area contributed by atoms with Crippen LogP contribution in [0.3, 0.4) is 0 Å². The molecule has 1 aliphatic carbocycles. The summed E-state index contributed by atoms with van der Waals surface area (Å²) in [6.07, 6.45) is 3.29. The van der Waals surface area contributed by atoms with Gasteiger partial charge in [-0.25, -0.2) is 9.07 Å². The molecule has 2 fully saturated rings. The average molecular weight is 399 g/mol. The van der Waals surface area contributed by atoms with Gasteiger partial charge >= 0.3 is 0 Å². The Hall–Kier alpha value is -2.48. The fourth-order valence-electron chi connectivity index (χ4n) is 3.85. The molecule has 146 valence electrons.